The molecule has 3 aromatic carbocycles. The van der Waals surface area contributed by atoms with Gasteiger partial charge in [-0.15, -0.1) is 0 Å². The number of benzene rings is 3. The molecule has 0 radical (unpaired) electrons. The molecule has 4 aromatic rings. The zero-order valence-electron chi connectivity index (χ0n) is 24.7. The van der Waals surface area contributed by atoms with Crippen LogP contribution in [-0.2, 0) is 27.3 Å². The highest BCUT2D eigenvalue weighted by Crippen LogP contribution is 2.40. The molecule has 44 heavy (non-hydrogen) atoms. The van der Waals surface area contributed by atoms with Crippen LogP contribution in [0.15, 0.2) is 71.0 Å². The average molecular weight is 602 g/mol. The number of nitrogens with zero attached hydrogens (tertiary/aromatic N) is 1. The summed E-state index contributed by atoms with van der Waals surface area (Å²) >= 11 is 0. The Morgan fingerprint density at radius 2 is 1.73 bits per heavy atom. The van der Waals surface area contributed by atoms with Gasteiger partial charge in [0.05, 0.1) is 33.5 Å². The first-order valence-corrected chi connectivity index (χ1v) is 13.7. The van der Waals surface area contributed by atoms with Crippen LogP contribution >= 0.6 is 0 Å². The number of methoxy groups -OCH3 is 3. The summed E-state index contributed by atoms with van der Waals surface area (Å²) in [5.74, 6) is 1.65. The molecule has 0 saturated carbocycles. The summed E-state index contributed by atoms with van der Waals surface area (Å²) in [6.45, 7) is 2.09. The second-order valence-electron chi connectivity index (χ2n) is 9.50. The van der Waals surface area contributed by atoms with Gasteiger partial charge in [-0.3, -0.25) is 0 Å². The molecule has 11 heteroatoms. The summed E-state index contributed by atoms with van der Waals surface area (Å²) in [5, 5.41) is 4.24. The zero-order chi connectivity index (χ0) is 31.1. The maximum absolute atomic E-state index is 13.2. The summed E-state index contributed by atoms with van der Waals surface area (Å²) < 4.78 is 43.9. The van der Waals surface area contributed by atoms with Crippen molar-refractivity contribution in [1.82, 2.24) is 5.16 Å². The predicted molar refractivity (Wildman–Crippen MR) is 158 cm³/mol. The highest BCUT2D eigenvalue weighted by molar-refractivity contribution is 5.95. The maximum atomic E-state index is 13.2. The quantitative estimate of drug-likeness (QED) is 0.148. The number of esters is 2. The summed E-state index contributed by atoms with van der Waals surface area (Å²) in [6, 6.07) is 15.8. The van der Waals surface area contributed by atoms with Gasteiger partial charge in [-0.05, 0) is 37.3 Å². The van der Waals surface area contributed by atoms with E-state index < -0.39 is 11.9 Å². The van der Waals surface area contributed by atoms with Gasteiger partial charge in [-0.1, -0.05) is 23.4 Å². The Hall–Kier alpha value is -5.45. The number of ether oxygens (including phenoxy) is 7. The summed E-state index contributed by atoms with van der Waals surface area (Å²) in [5.41, 5.74) is 3.56. The van der Waals surface area contributed by atoms with Crippen LogP contribution in [0.4, 0.5) is 0 Å². The molecule has 0 aliphatic carbocycles. The zero-order valence-corrected chi connectivity index (χ0v) is 24.7. The summed E-state index contributed by atoms with van der Waals surface area (Å²) in [4.78, 5) is 25.4. The Morgan fingerprint density at radius 3 is 2.48 bits per heavy atom. The lowest BCUT2D eigenvalue weighted by Crippen LogP contribution is -2.10. The van der Waals surface area contributed by atoms with Crippen molar-refractivity contribution < 1.29 is 47.3 Å². The Balaban J connectivity index is 1.51. The van der Waals surface area contributed by atoms with Crippen molar-refractivity contribution in [2.24, 2.45) is 0 Å². The van der Waals surface area contributed by atoms with Crippen LogP contribution in [0.25, 0.3) is 17.3 Å². The molecule has 2 heterocycles. The van der Waals surface area contributed by atoms with Crippen molar-refractivity contribution in [2.45, 2.75) is 20.0 Å². The Morgan fingerprint density at radius 1 is 0.932 bits per heavy atom. The van der Waals surface area contributed by atoms with Gasteiger partial charge in [0.2, 0.25) is 6.79 Å². The van der Waals surface area contributed by atoms with E-state index in [1.165, 1.54) is 13.4 Å². The fourth-order valence-corrected chi connectivity index (χ4v) is 4.70. The molecule has 0 atom stereocenters. The van der Waals surface area contributed by atoms with Crippen molar-refractivity contribution in [3.05, 3.63) is 88.7 Å². The molecule has 1 aliphatic rings. The van der Waals surface area contributed by atoms with Crippen LogP contribution in [0.1, 0.15) is 34.0 Å². The van der Waals surface area contributed by atoms with E-state index in [1.807, 2.05) is 6.07 Å². The van der Waals surface area contributed by atoms with E-state index in [4.69, 9.17) is 37.7 Å². The minimum absolute atomic E-state index is 0.0620. The first kappa shape index (κ1) is 30.0. The maximum Gasteiger partial charge on any atom is 0.338 e. The summed E-state index contributed by atoms with van der Waals surface area (Å²) in [7, 11) is 4.42. The van der Waals surface area contributed by atoms with Gasteiger partial charge in [-0.25, -0.2) is 9.59 Å². The third-order valence-corrected chi connectivity index (χ3v) is 6.87. The lowest BCUT2D eigenvalue weighted by Gasteiger charge is -2.14. The number of hydrogen-bond donors (Lipinski definition) is 0. The number of fused-ring (bicyclic) bond motifs is 1. The van der Waals surface area contributed by atoms with E-state index in [-0.39, 0.29) is 26.4 Å². The van der Waals surface area contributed by atoms with Gasteiger partial charge < -0.3 is 37.7 Å². The number of aromatic nitrogens is 1. The average Bonchev–Trinajstić information content (AvgIpc) is 3.71. The predicted octanol–water partition coefficient (Wildman–Crippen LogP) is 5.64. The molecule has 0 amide bonds. The van der Waals surface area contributed by atoms with Gasteiger partial charge in [-0.2, -0.15) is 0 Å². The molecule has 0 unspecified atom stereocenters. The smallest absolute Gasteiger partial charge is 0.338 e. The van der Waals surface area contributed by atoms with Crippen LogP contribution in [0.3, 0.4) is 0 Å². The molecule has 5 rings (SSSR count). The van der Waals surface area contributed by atoms with E-state index in [0.717, 1.165) is 0 Å². The van der Waals surface area contributed by atoms with E-state index in [0.29, 0.717) is 67.8 Å². The van der Waals surface area contributed by atoms with Gasteiger partial charge in [0.15, 0.2) is 11.5 Å². The molecule has 0 fully saturated rings. The number of carbonyl (C=O) groups excluding carboxylic acids is 2. The number of hydrogen-bond acceptors (Lipinski definition) is 11. The molecule has 1 aromatic heterocycles. The molecule has 0 spiro atoms. The topological polar surface area (TPSA) is 125 Å². The standard InChI is InChI=1S/C33H31NO10/c1-5-40-32(35)22(12-21-14-29-30(43-19-42-29)16-27(21)38-3)13-23-18-44-34-31(23)26-11-10-24(37-2)15-28(26)41-17-20-8-6-7-9-25(20)33(36)39-4/h6-11,13-16,18H,5,12,17,19H2,1-4H3/b22-13+. The number of carbonyl (C=O) groups is 2. The second kappa shape index (κ2) is 13.7. The van der Waals surface area contributed by atoms with Crippen LogP contribution in [0.2, 0.25) is 0 Å². The van der Waals surface area contributed by atoms with Crippen molar-refractivity contribution in [2.75, 3.05) is 34.7 Å². The molecule has 228 valence electrons. The first-order valence-electron chi connectivity index (χ1n) is 13.7. The molecule has 0 bridgehead atoms. The normalized spacial score (nSPS) is 12.0. The molecule has 1 aliphatic heterocycles. The van der Waals surface area contributed by atoms with Crippen molar-refractivity contribution in [3.8, 4) is 40.0 Å². The van der Waals surface area contributed by atoms with Gasteiger partial charge in [0.1, 0.15) is 35.8 Å². The highest BCUT2D eigenvalue weighted by atomic mass is 16.7. The van der Waals surface area contributed by atoms with E-state index >= 15 is 0 Å². The molecule has 0 N–H and O–H groups in total. The van der Waals surface area contributed by atoms with Gasteiger partial charge >= 0.3 is 11.9 Å². The second-order valence-corrected chi connectivity index (χ2v) is 9.50. The van der Waals surface area contributed by atoms with Crippen molar-refractivity contribution >= 4 is 18.0 Å². The van der Waals surface area contributed by atoms with Crippen LogP contribution in [0.5, 0.6) is 28.7 Å². The monoisotopic (exact) mass is 601 g/mol. The minimum Gasteiger partial charge on any atom is -0.497 e. The van der Waals surface area contributed by atoms with E-state index in [2.05, 4.69) is 5.16 Å². The fourth-order valence-electron chi connectivity index (χ4n) is 4.70. The first-order chi connectivity index (χ1) is 21.4. The van der Waals surface area contributed by atoms with E-state index in [1.54, 1.807) is 75.8 Å². The largest absolute Gasteiger partial charge is 0.497 e. The molecular formula is C33H31NO10. The van der Waals surface area contributed by atoms with E-state index in [9.17, 15) is 9.59 Å². The SMILES string of the molecule is CCOC(=O)/C(=C/c1conc1-c1ccc(OC)cc1OCc1ccccc1C(=O)OC)Cc1cc2c(cc1OC)OCO2. The van der Waals surface area contributed by atoms with Crippen LogP contribution in [0, 0.1) is 0 Å². The minimum atomic E-state index is -0.509. The summed E-state index contributed by atoms with van der Waals surface area (Å²) in [6.07, 6.45) is 3.26. The number of rotatable bonds is 12. The van der Waals surface area contributed by atoms with Crippen molar-refractivity contribution in [3.63, 3.8) is 0 Å². The Labute approximate surface area is 253 Å². The lowest BCUT2D eigenvalue weighted by atomic mass is 9.99. The fraction of sp³-hybridized carbons (Fsp3) is 0.242. The van der Waals surface area contributed by atoms with Crippen LogP contribution < -0.4 is 23.7 Å². The Kier molecular flexibility index (Phi) is 9.34. The lowest BCUT2D eigenvalue weighted by molar-refractivity contribution is -0.138. The molecule has 11 nitrogen and oxygen atoms in total. The third kappa shape index (κ3) is 6.46. The van der Waals surface area contributed by atoms with Gasteiger partial charge in [0, 0.05) is 46.4 Å². The molecule has 0 saturated heterocycles. The third-order valence-electron chi connectivity index (χ3n) is 6.87. The molecular weight excluding hydrogens is 570 g/mol. The van der Waals surface area contributed by atoms with Gasteiger partial charge in [0.25, 0.3) is 0 Å². The highest BCUT2D eigenvalue weighted by Gasteiger charge is 2.23. The Bertz CT molecular complexity index is 1690. The van der Waals surface area contributed by atoms with Crippen molar-refractivity contribution in [1.29, 1.82) is 0 Å². The van der Waals surface area contributed by atoms with Crippen LogP contribution in [-0.4, -0.2) is 51.8 Å².